The summed E-state index contributed by atoms with van der Waals surface area (Å²) < 4.78 is 27.9. The van der Waals surface area contributed by atoms with Crippen LogP contribution in [0.15, 0.2) is 65.7 Å². The molecule has 5 rings (SSSR count). The van der Waals surface area contributed by atoms with Crippen molar-refractivity contribution in [1.29, 1.82) is 0 Å². The predicted molar refractivity (Wildman–Crippen MR) is 142 cm³/mol. The van der Waals surface area contributed by atoms with Gasteiger partial charge in [-0.15, -0.1) is 0 Å². The van der Waals surface area contributed by atoms with E-state index in [2.05, 4.69) is 4.98 Å². The van der Waals surface area contributed by atoms with Gasteiger partial charge in [0.2, 0.25) is 11.8 Å². The Morgan fingerprint density at radius 1 is 1.08 bits per heavy atom. The number of fused-ring (bicyclic) bond motifs is 2. The average Bonchev–Trinajstić information content (AvgIpc) is 3.26. The van der Waals surface area contributed by atoms with E-state index < -0.39 is 27.7 Å². The number of carbonyl (C=O) groups is 2. The number of hydrogen-bond donors (Lipinski definition) is 1. The summed E-state index contributed by atoms with van der Waals surface area (Å²) in [4.78, 5) is 33.4. The topological polar surface area (TPSA) is 118 Å². The lowest BCUT2D eigenvalue weighted by molar-refractivity contribution is -0.139. The Bertz CT molecular complexity index is 1630. The number of rotatable bonds is 6. The molecule has 0 saturated carbocycles. The summed E-state index contributed by atoms with van der Waals surface area (Å²) in [5.74, 6) is -0.583. The molecule has 1 unspecified atom stereocenters. The Morgan fingerprint density at radius 2 is 1.84 bits per heavy atom. The first-order chi connectivity index (χ1) is 17.6. The van der Waals surface area contributed by atoms with Crippen molar-refractivity contribution in [1.82, 2.24) is 14.3 Å². The van der Waals surface area contributed by atoms with Crippen LogP contribution in [0.5, 0.6) is 0 Å². The number of nitrogens with two attached hydrogens (primary N) is 1. The van der Waals surface area contributed by atoms with E-state index in [1.807, 2.05) is 40.6 Å². The largest absolute Gasteiger partial charge is 0.368 e. The van der Waals surface area contributed by atoms with Gasteiger partial charge in [-0.05, 0) is 54.1 Å². The third kappa shape index (κ3) is 4.99. The first kappa shape index (κ1) is 25.0. The summed E-state index contributed by atoms with van der Waals surface area (Å²) in [5.41, 5.74) is 7.33. The third-order valence-electron chi connectivity index (χ3n) is 6.66. The van der Waals surface area contributed by atoms with Crippen LogP contribution in [0, 0.1) is 6.92 Å². The van der Waals surface area contributed by atoms with Crippen molar-refractivity contribution in [3.8, 4) is 0 Å². The normalized spacial score (nSPS) is 16.4. The highest BCUT2D eigenvalue weighted by Crippen LogP contribution is 2.25. The molecule has 0 bridgehead atoms. The molecule has 4 aromatic rings. The van der Waals surface area contributed by atoms with Crippen molar-refractivity contribution in [2.24, 2.45) is 5.73 Å². The number of halogens is 1. The number of imidazole rings is 1. The molecule has 192 valence electrons. The molecule has 9 nitrogen and oxygen atoms in total. The molecule has 1 aliphatic heterocycles. The lowest BCUT2D eigenvalue weighted by atomic mass is 10.1. The Morgan fingerprint density at radius 3 is 2.62 bits per heavy atom. The first-order valence-electron chi connectivity index (χ1n) is 11.8. The number of hydrogen-bond acceptors (Lipinski definition) is 6. The van der Waals surface area contributed by atoms with Gasteiger partial charge in [-0.25, -0.2) is 13.4 Å². The summed E-state index contributed by atoms with van der Waals surface area (Å²) >= 11 is 6.01. The molecule has 2 N–H and O–H groups in total. The fraction of sp³-hybridized carbons (Fsp3) is 0.269. The Balaban J connectivity index is 1.30. The number of aromatic nitrogens is 2. The van der Waals surface area contributed by atoms with E-state index in [0.717, 1.165) is 27.9 Å². The van der Waals surface area contributed by atoms with Crippen LogP contribution in [-0.4, -0.2) is 65.9 Å². The molecular weight excluding hydrogens is 514 g/mol. The van der Waals surface area contributed by atoms with E-state index in [1.54, 1.807) is 30.3 Å². The van der Waals surface area contributed by atoms with E-state index in [1.165, 1.54) is 11.0 Å². The fourth-order valence-corrected chi connectivity index (χ4v) is 6.22. The molecule has 11 heteroatoms. The highest BCUT2D eigenvalue weighted by atomic mass is 35.5. The summed E-state index contributed by atoms with van der Waals surface area (Å²) in [6, 6.07) is 14.8. The van der Waals surface area contributed by atoms with E-state index in [-0.39, 0.29) is 30.2 Å². The molecule has 1 fully saturated rings. The molecule has 1 atom stereocenters. The molecule has 0 radical (unpaired) electrons. The number of sulfone groups is 1. The second-order valence-corrected chi connectivity index (χ2v) is 11.7. The van der Waals surface area contributed by atoms with Gasteiger partial charge in [-0.1, -0.05) is 29.8 Å². The Hall–Kier alpha value is -3.63. The molecule has 2 aromatic heterocycles. The zero-order chi connectivity index (χ0) is 26.3. The highest BCUT2D eigenvalue weighted by molar-refractivity contribution is 7.91. The molecule has 3 heterocycles. The van der Waals surface area contributed by atoms with E-state index in [4.69, 9.17) is 17.3 Å². The zero-order valence-electron chi connectivity index (χ0n) is 20.2. The number of piperazine rings is 1. The molecule has 1 saturated heterocycles. The quantitative estimate of drug-likeness (QED) is 0.402. The van der Waals surface area contributed by atoms with Gasteiger partial charge in [0.05, 0.1) is 16.3 Å². The minimum absolute atomic E-state index is 0.134. The van der Waals surface area contributed by atoms with Gasteiger partial charge < -0.3 is 15.5 Å². The number of pyridine rings is 1. The van der Waals surface area contributed by atoms with Gasteiger partial charge in [0, 0.05) is 37.3 Å². The van der Waals surface area contributed by atoms with Crippen LogP contribution in [0.25, 0.3) is 16.4 Å². The molecule has 2 amide bonds. The van der Waals surface area contributed by atoms with Crippen LogP contribution in [0.4, 0.5) is 5.82 Å². The van der Waals surface area contributed by atoms with Crippen LogP contribution in [-0.2, 0) is 19.4 Å². The van der Waals surface area contributed by atoms with Gasteiger partial charge in [-0.2, -0.15) is 0 Å². The van der Waals surface area contributed by atoms with Crippen molar-refractivity contribution in [2.75, 3.05) is 30.3 Å². The second kappa shape index (κ2) is 9.68. The number of anilines is 1. The van der Waals surface area contributed by atoms with Gasteiger partial charge in [0.25, 0.3) is 0 Å². The first-order valence-corrected chi connectivity index (χ1v) is 13.9. The van der Waals surface area contributed by atoms with E-state index >= 15 is 0 Å². The Labute approximate surface area is 219 Å². The molecule has 37 heavy (non-hydrogen) atoms. The number of amides is 2. The minimum Gasteiger partial charge on any atom is -0.368 e. The van der Waals surface area contributed by atoms with Gasteiger partial charge in [0.1, 0.15) is 17.5 Å². The monoisotopic (exact) mass is 539 g/mol. The maximum absolute atomic E-state index is 13.1. The molecule has 0 aliphatic carbocycles. The number of carbonyl (C=O) groups excluding carboxylic acids is 2. The zero-order valence-corrected chi connectivity index (χ0v) is 21.7. The van der Waals surface area contributed by atoms with Crippen LogP contribution < -0.4 is 10.6 Å². The predicted octanol–water partition coefficient (Wildman–Crippen LogP) is 2.82. The Kier molecular flexibility index (Phi) is 6.55. The molecule has 2 aromatic carbocycles. The van der Waals surface area contributed by atoms with Crippen molar-refractivity contribution >= 4 is 55.5 Å². The van der Waals surface area contributed by atoms with Gasteiger partial charge in [0.15, 0.2) is 9.84 Å². The summed E-state index contributed by atoms with van der Waals surface area (Å²) in [6.07, 6.45) is 1.66. The van der Waals surface area contributed by atoms with Crippen molar-refractivity contribution < 1.29 is 18.0 Å². The minimum atomic E-state index is -3.73. The average molecular weight is 540 g/mol. The SMILES string of the molecule is Cc1cn2c(N3CCN(C(=O)CCS(=O)(=O)c4ccc5cc(Cl)ccc5c4)C(C(N)=O)C3)cccc2n1. The number of benzene rings is 2. The van der Waals surface area contributed by atoms with Crippen molar-refractivity contribution in [2.45, 2.75) is 24.3 Å². The maximum Gasteiger partial charge on any atom is 0.242 e. The standard InChI is InChI=1S/C26H26ClN5O4S/c1-17-15-32-23(29-17)3-2-4-24(32)30-10-11-31(22(16-30)26(28)34)25(33)9-12-37(35,36)21-8-6-18-13-20(27)7-5-19(18)14-21/h2-8,13-15,22H,9-12,16H2,1H3,(H2,28,34). The van der Waals surface area contributed by atoms with E-state index in [0.29, 0.717) is 11.6 Å². The second-order valence-electron chi connectivity index (χ2n) is 9.17. The van der Waals surface area contributed by atoms with Crippen LogP contribution in [0.2, 0.25) is 5.02 Å². The molecule has 1 aliphatic rings. The summed E-state index contributed by atoms with van der Waals surface area (Å²) in [5, 5.41) is 2.13. The number of primary amides is 1. The fourth-order valence-electron chi connectivity index (χ4n) is 4.78. The third-order valence-corrected chi connectivity index (χ3v) is 8.61. The van der Waals surface area contributed by atoms with Crippen molar-refractivity contribution in [3.05, 3.63) is 71.5 Å². The van der Waals surface area contributed by atoms with Crippen LogP contribution in [0.1, 0.15) is 12.1 Å². The van der Waals surface area contributed by atoms with Gasteiger partial charge >= 0.3 is 0 Å². The van der Waals surface area contributed by atoms with E-state index in [9.17, 15) is 18.0 Å². The molecule has 0 spiro atoms. The summed E-state index contributed by atoms with van der Waals surface area (Å²) in [6.45, 7) is 2.82. The molecular formula is C26H26ClN5O4S. The lowest BCUT2D eigenvalue weighted by Crippen LogP contribution is -2.60. The maximum atomic E-state index is 13.1. The van der Waals surface area contributed by atoms with Crippen LogP contribution >= 0.6 is 11.6 Å². The van der Waals surface area contributed by atoms with Gasteiger partial charge in [-0.3, -0.25) is 14.0 Å². The van der Waals surface area contributed by atoms with Crippen molar-refractivity contribution in [3.63, 3.8) is 0 Å². The smallest absolute Gasteiger partial charge is 0.242 e. The highest BCUT2D eigenvalue weighted by Gasteiger charge is 2.35. The summed E-state index contributed by atoms with van der Waals surface area (Å²) in [7, 11) is -3.73. The lowest BCUT2D eigenvalue weighted by Gasteiger charge is -2.41. The number of nitrogens with zero attached hydrogens (tertiary/aromatic N) is 4. The van der Waals surface area contributed by atoms with Crippen LogP contribution in [0.3, 0.4) is 0 Å². The number of aryl methyl sites for hydroxylation is 1.